The van der Waals surface area contributed by atoms with Crippen LogP contribution in [-0.4, -0.2) is 16.2 Å². The monoisotopic (exact) mass is 260 g/mol. The molecule has 0 aliphatic rings. The molecule has 4 nitrogen and oxygen atoms in total. The van der Waals surface area contributed by atoms with E-state index in [1.165, 1.54) is 30.2 Å². The van der Waals surface area contributed by atoms with Gasteiger partial charge in [-0.05, 0) is 24.5 Å². The molecule has 1 aromatic heterocycles. The van der Waals surface area contributed by atoms with E-state index in [0.29, 0.717) is 22.1 Å². The van der Waals surface area contributed by atoms with Crippen molar-refractivity contribution in [2.24, 2.45) is 0 Å². The number of nitrogens with one attached hydrogen (secondary N) is 1. The zero-order chi connectivity index (χ0) is 13.0. The molecule has 0 aliphatic carbocycles. The maximum absolute atomic E-state index is 13.1. The lowest BCUT2D eigenvalue weighted by Crippen LogP contribution is -2.00. The van der Waals surface area contributed by atoms with Crippen molar-refractivity contribution in [1.82, 2.24) is 9.97 Å². The lowest BCUT2D eigenvalue weighted by molar-refractivity contribution is 0.628. The zero-order valence-corrected chi connectivity index (χ0v) is 10.3. The van der Waals surface area contributed by atoms with Gasteiger partial charge in [-0.2, -0.15) is 5.26 Å². The molecule has 0 bridgehead atoms. The summed E-state index contributed by atoms with van der Waals surface area (Å²) in [6.45, 7) is 0. The Balaban J connectivity index is 2.38. The van der Waals surface area contributed by atoms with Gasteiger partial charge in [0, 0.05) is 5.69 Å². The van der Waals surface area contributed by atoms with Crippen LogP contribution in [-0.2, 0) is 0 Å². The molecule has 6 heteroatoms. The van der Waals surface area contributed by atoms with Gasteiger partial charge in [-0.3, -0.25) is 0 Å². The van der Waals surface area contributed by atoms with Crippen molar-refractivity contribution in [3.8, 4) is 6.07 Å². The Morgan fingerprint density at radius 3 is 2.89 bits per heavy atom. The second-order valence-corrected chi connectivity index (χ2v) is 4.15. The molecule has 1 heterocycles. The van der Waals surface area contributed by atoms with E-state index in [2.05, 4.69) is 15.3 Å². The number of nitriles is 1. The van der Waals surface area contributed by atoms with Crippen LogP contribution >= 0.6 is 11.8 Å². The summed E-state index contributed by atoms with van der Waals surface area (Å²) in [5.74, 6) is 0.0279. The summed E-state index contributed by atoms with van der Waals surface area (Å²) < 4.78 is 13.1. The van der Waals surface area contributed by atoms with E-state index in [4.69, 9.17) is 5.26 Å². The molecule has 0 atom stereocenters. The van der Waals surface area contributed by atoms with Crippen LogP contribution in [0.1, 0.15) is 5.56 Å². The van der Waals surface area contributed by atoms with Crippen LogP contribution in [0.5, 0.6) is 0 Å². The number of halogens is 1. The lowest BCUT2D eigenvalue weighted by Gasteiger charge is -2.08. The predicted molar refractivity (Wildman–Crippen MR) is 68.2 cm³/mol. The first kappa shape index (κ1) is 12.3. The highest BCUT2D eigenvalue weighted by Gasteiger charge is 2.10. The van der Waals surface area contributed by atoms with Gasteiger partial charge in [0.2, 0.25) is 0 Å². The molecule has 0 saturated carbocycles. The summed E-state index contributed by atoms with van der Waals surface area (Å²) in [6, 6.07) is 8.02. The molecule has 1 aromatic carbocycles. The minimum atomic E-state index is -0.349. The van der Waals surface area contributed by atoms with Gasteiger partial charge in [0.25, 0.3) is 0 Å². The predicted octanol–water partition coefficient (Wildman–Crippen LogP) is 2.95. The van der Waals surface area contributed by atoms with Crippen LogP contribution in [0.15, 0.2) is 35.6 Å². The Bertz CT molecular complexity index is 609. The number of rotatable bonds is 3. The third-order valence-electron chi connectivity index (χ3n) is 2.21. The summed E-state index contributed by atoms with van der Waals surface area (Å²) in [7, 11) is 0. The van der Waals surface area contributed by atoms with Crippen molar-refractivity contribution in [1.29, 1.82) is 5.26 Å². The van der Waals surface area contributed by atoms with Gasteiger partial charge in [-0.1, -0.05) is 6.07 Å². The molecule has 0 amide bonds. The second kappa shape index (κ2) is 5.47. The number of hydrogen-bond donors (Lipinski definition) is 1. The summed E-state index contributed by atoms with van der Waals surface area (Å²) in [5.41, 5.74) is 0.895. The van der Waals surface area contributed by atoms with Gasteiger partial charge < -0.3 is 5.32 Å². The van der Waals surface area contributed by atoms with Crippen LogP contribution in [0.4, 0.5) is 15.9 Å². The van der Waals surface area contributed by atoms with Gasteiger partial charge >= 0.3 is 0 Å². The van der Waals surface area contributed by atoms with Crippen LogP contribution in [0.2, 0.25) is 0 Å². The number of anilines is 2. The van der Waals surface area contributed by atoms with E-state index in [1.54, 1.807) is 12.1 Å². The molecule has 2 aromatic rings. The Morgan fingerprint density at radius 2 is 2.22 bits per heavy atom. The van der Waals surface area contributed by atoms with E-state index in [-0.39, 0.29) is 5.82 Å². The SMILES string of the molecule is CSc1ncnc(Nc2cccc(F)c2)c1C#N. The largest absolute Gasteiger partial charge is 0.339 e. The Hall–Kier alpha value is -2.13. The van der Waals surface area contributed by atoms with Crippen LogP contribution in [0.25, 0.3) is 0 Å². The van der Waals surface area contributed by atoms with Gasteiger partial charge in [0.05, 0.1) is 0 Å². The topological polar surface area (TPSA) is 61.6 Å². The highest BCUT2D eigenvalue weighted by Crippen LogP contribution is 2.24. The number of benzene rings is 1. The standard InChI is InChI=1S/C12H9FN4S/c1-18-12-10(6-14)11(15-7-16-12)17-9-4-2-3-8(13)5-9/h2-5,7H,1H3,(H,15,16,17). The molecule has 0 unspecified atom stereocenters. The molecule has 0 spiro atoms. The summed E-state index contributed by atoms with van der Waals surface area (Å²) in [5, 5.41) is 12.6. The first-order valence-electron chi connectivity index (χ1n) is 5.06. The average molecular weight is 260 g/mol. The number of nitrogens with zero attached hydrogens (tertiary/aromatic N) is 3. The fourth-order valence-corrected chi connectivity index (χ4v) is 1.92. The first-order chi connectivity index (χ1) is 8.74. The molecule has 0 saturated heterocycles. The van der Waals surface area contributed by atoms with E-state index in [1.807, 2.05) is 12.3 Å². The van der Waals surface area contributed by atoms with Crippen molar-refractivity contribution in [3.63, 3.8) is 0 Å². The van der Waals surface area contributed by atoms with Crippen LogP contribution in [0.3, 0.4) is 0 Å². The summed E-state index contributed by atoms with van der Waals surface area (Å²) in [6.07, 6.45) is 3.20. The first-order valence-corrected chi connectivity index (χ1v) is 6.28. The van der Waals surface area contributed by atoms with Gasteiger partial charge in [-0.15, -0.1) is 11.8 Å². The third kappa shape index (κ3) is 2.57. The van der Waals surface area contributed by atoms with Crippen LogP contribution < -0.4 is 5.32 Å². The molecular formula is C12H9FN4S. The minimum Gasteiger partial charge on any atom is -0.339 e. The Kier molecular flexibility index (Phi) is 3.75. The molecule has 2 rings (SSSR count). The fraction of sp³-hybridized carbons (Fsp3) is 0.0833. The van der Waals surface area contributed by atoms with E-state index < -0.39 is 0 Å². The Labute approximate surface area is 108 Å². The molecule has 0 radical (unpaired) electrons. The smallest absolute Gasteiger partial charge is 0.152 e. The molecule has 0 fully saturated rings. The number of hydrogen-bond acceptors (Lipinski definition) is 5. The van der Waals surface area contributed by atoms with Gasteiger partial charge in [0.1, 0.15) is 28.8 Å². The zero-order valence-electron chi connectivity index (χ0n) is 9.51. The van der Waals surface area contributed by atoms with E-state index in [0.717, 1.165) is 0 Å². The number of thioether (sulfide) groups is 1. The average Bonchev–Trinajstić information content (AvgIpc) is 2.38. The van der Waals surface area contributed by atoms with Gasteiger partial charge in [-0.25, -0.2) is 14.4 Å². The minimum absolute atomic E-state index is 0.349. The highest BCUT2D eigenvalue weighted by molar-refractivity contribution is 7.98. The summed E-state index contributed by atoms with van der Waals surface area (Å²) in [4.78, 5) is 8.01. The van der Waals surface area contributed by atoms with E-state index in [9.17, 15) is 4.39 Å². The normalized spacial score (nSPS) is 9.83. The van der Waals surface area contributed by atoms with Crippen LogP contribution in [0, 0.1) is 17.1 Å². The highest BCUT2D eigenvalue weighted by atomic mass is 32.2. The quantitative estimate of drug-likeness (QED) is 0.679. The molecule has 0 aliphatic heterocycles. The Morgan fingerprint density at radius 1 is 1.39 bits per heavy atom. The second-order valence-electron chi connectivity index (χ2n) is 3.35. The fourth-order valence-electron chi connectivity index (χ4n) is 1.42. The van der Waals surface area contributed by atoms with Crippen molar-refractivity contribution in [3.05, 3.63) is 42.0 Å². The van der Waals surface area contributed by atoms with Crippen molar-refractivity contribution >= 4 is 23.3 Å². The van der Waals surface area contributed by atoms with Crippen molar-refractivity contribution in [2.75, 3.05) is 11.6 Å². The van der Waals surface area contributed by atoms with Crippen molar-refractivity contribution in [2.45, 2.75) is 5.03 Å². The molecule has 90 valence electrons. The maximum atomic E-state index is 13.1. The molecule has 18 heavy (non-hydrogen) atoms. The number of aromatic nitrogens is 2. The molecular weight excluding hydrogens is 251 g/mol. The van der Waals surface area contributed by atoms with Gasteiger partial charge in [0.15, 0.2) is 5.82 Å². The third-order valence-corrected chi connectivity index (χ3v) is 2.90. The molecule has 1 N–H and O–H groups in total. The van der Waals surface area contributed by atoms with E-state index >= 15 is 0 Å². The van der Waals surface area contributed by atoms with Crippen molar-refractivity contribution < 1.29 is 4.39 Å². The maximum Gasteiger partial charge on any atom is 0.152 e. The lowest BCUT2D eigenvalue weighted by atomic mass is 10.3. The summed E-state index contributed by atoms with van der Waals surface area (Å²) >= 11 is 1.36.